The number of rotatable bonds is 4. The number of anilines is 1. The molecule has 146 valence electrons. The third kappa shape index (κ3) is 3.62. The summed E-state index contributed by atoms with van der Waals surface area (Å²) in [6.45, 7) is 6.36. The first-order valence-corrected chi connectivity index (χ1v) is 9.51. The molecule has 4 rings (SSSR count). The molecular weight excluding hydrogens is 358 g/mol. The standard InChI is InChI=1S/C20H23N5O3/c1-3-17-22-23-20(28-17)25-8-6-24(7-9-25)18(26)12-14-4-5-16-15(11-14)10-13(2)19(27)21-16/h4-5,10-11H,3,6-9,12H2,1-2H3,(H,21,27). The summed E-state index contributed by atoms with van der Waals surface area (Å²) in [4.78, 5) is 31.2. The normalized spacial score (nSPS) is 14.6. The Labute approximate surface area is 162 Å². The number of amides is 1. The van der Waals surface area contributed by atoms with Gasteiger partial charge in [-0.3, -0.25) is 9.59 Å². The van der Waals surface area contributed by atoms with Gasteiger partial charge in [0.05, 0.1) is 6.42 Å². The molecule has 3 heterocycles. The van der Waals surface area contributed by atoms with E-state index in [0.717, 1.165) is 16.5 Å². The van der Waals surface area contributed by atoms with Gasteiger partial charge in [-0.15, -0.1) is 5.10 Å². The maximum Gasteiger partial charge on any atom is 0.318 e. The summed E-state index contributed by atoms with van der Waals surface area (Å²) in [7, 11) is 0. The molecule has 8 nitrogen and oxygen atoms in total. The third-order valence-corrected chi connectivity index (χ3v) is 5.11. The predicted molar refractivity (Wildman–Crippen MR) is 105 cm³/mol. The van der Waals surface area contributed by atoms with E-state index >= 15 is 0 Å². The van der Waals surface area contributed by atoms with E-state index in [-0.39, 0.29) is 11.5 Å². The molecule has 1 N–H and O–H groups in total. The summed E-state index contributed by atoms with van der Waals surface area (Å²) in [5, 5.41) is 9.01. The zero-order chi connectivity index (χ0) is 19.7. The summed E-state index contributed by atoms with van der Waals surface area (Å²) in [5.41, 5.74) is 2.31. The van der Waals surface area contributed by atoms with Crippen LogP contribution >= 0.6 is 0 Å². The second-order valence-electron chi connectivity index (χ2n) is 7.08. The largest absolute Gasteiger partial charge is 0.408 e. The molecule has 1 aromatic carbocycles. The molecule has 0 atom stereocenters. The number of hydrogen-bond donors (Lipinski definition) is 1. The van der Waals surface area contributed by atoms with Crippen molar-refractivity contribution < 1.29 is 9.21 Å². The Kier molecular flexibility index (Phi) is 4.85. The number of nitrogens with one attached hydrogen (secondary N) is 1. The van der Waals surface area contributed by atoms with Crippen LogP contribution < -0.4 is 10.5 Å². The number of benzene rings is 1. The van der Waals surface area contributed by atoms with Gasteiger partial charge in [0.2, 0.25) is 11.8 Å². The molecule has 1 fully saturated rings. The number of H-pyrrole nitrogens is 1. The van der Waals surface area contributed by atoms with Gasteiger partial charge in [0.25, 0.3) is 5.56 Å². The van der Waals surface area contributed by atoms with E-state index in [1.165, 1.54) is 0 Å². The number of fused-ring (bicyclic) bond motifs is 1. The molecule has 28 heavy (non-hydrogen) atoms. The Hall–Kier alpha value is -3.16. The van der Waals surface area contributed by atoms with Crippen molar-refractivity contribution in [3.63, 3.8) is 0 Å². The minimum atomic E-state index is -0.0819. The molecule has 0 spiro atoms. The minimum Gasteiger partial charge on any atom is -0.408 e. The highest BCUT2D eigenvalue weighted by atomic mass is 16.4. The lowest BCUT2D eigenvalue weighted by Crippen LogP contribution is -2.49. The number of carbonyl (C=O) groups excluding carboxylic acids is 1. The molecule has 0 aliphatic carbocycles. The zero-order valence-corrected chi connectivity index (χ0v) is 16.1. The van der Waals surface area contributed by atoms with Gasteiger partial charge in [0, 0.05) is 43.7 Å². The van der Waals surface area contributed by atoms with Crippen molar-refractivity contribution in [2.24, 2.45) is 0 Å². The summed E-state index contributed by atoms with van der Waals surface area (Å²) in [6, 6.07) is 8.11. The number of hydrogen-bond acceptors (Lipinski definition) is 6. The van der Waals surface area contributed by atoms with Gasteiger partial charge in [-0.25, -0.2) is 0 Å². The Bertz CT molecular complexity index is 1060. The number of pyridine rings is 1. The van der Waals surface area contributed by atoms with E-state index in [1.807, 2.05) is 41.0 Å². The topological polar surface area (TPSA) is 95.3 Å². The molecule has 1 saturated heterocycles. The monoisotopic (exact) mass is 381 g/mol. The fourth-order valence-corrected chi connectivity index (χ4v) is 3.42. The van der Waals surface area contributed by atoms with Crippen LogP contribution in [0.25, 0.3) is 10.9 Å². The van der Waals surface area contributed by atoms with E-state index in [1.54, 1.807) is 6.92 Å². The minimum absolute atomic E-state index is 0.0819. The molecule has 0 bridgehead atoms. The summed E-state index contributed by atoms with van der Waals surface area (Å²) in [5.74, 6) is 0.723. The van der Waals surface area contributed by atoms with Gasteiger partial charge >= 0.3 is 6.01 Å². The van der Waals surface area contributed by atoms with Crippen molar-refractivity contribution in [3.8, 4) is 0 Å². The lowest BCUT2D eigenvalue weighted by atomic mass is 10.1. The zero-order valence-electron chi connectivity index (χ0n) is 16.1. The van der Waals surface area contributed by atoms with Crippen molar-refractivity contribution >= 4 is 22.8 Å². The van der Waals surface area contributed by atoms with Gasteiger partial charge in [-0.05, 0) is 36.1 Å². The number of aromatic amines is 1. The molecule has 1 aliphatic heterocycles. The van der Waals surface area contributed by atoms with Crippen molar-refractivity contribution in [2.45, 2.75) is 26.7 Å². The molecule has 3 aromatic rings. The van der Waals surface area contributed by atoms with E-state index in [0.29, 0.717) is 56.5 Å². The second-order valence-corrected chi connectivity index (χ2v) is 7.08. The van der Waals surface area contributed by atoms with Crippen LogP contribution in [0.3, 0.4) is 0 Å². The number of piperazine rings is 1. The van der Waals surface area contributed by atoms with Crippen molar-refractivity contribution in [1.29, 1.82) is 0 Å². The molecule has 0 saturated carbocycles. The summed E-state index contributed by atoms with van der Waals surface area (Å²) in [6.07, 6.45) is 1.05. The molecule has 0 radical (unpaired) electrons. The highest BCUT2D eigenvalue weighted by Crippen LogP contribution is 2.17. The number of nitrogens with zero attached hydrogens (tertiary/aromatic N) is 4. The molecular formula is C20H23N5O3. The van der Waals surface area contributed by atoms with Crippen molar-refractivity contribution in [1.82, 2.24) is 20.1 Å². The second kappa shape index (κ2) is 7.46. The van der Waals surface area contributed by atoms with Crippen LogP contribution in [0.5, 0.6) is 0 Å². The van der Waals surface area contributed by atoms with E-state index in [2.05, 4.69) is 15.2 Å². The number of aromatic nitrogens is 3. The van der Waals surface area contributed by atoms with Crippen LogP contribution in [-0.4, -0.2) is 52.2 Å². The third-order valence-electron chi connectivity index (χ3n) is 5.11. The Balaban J connectivity index is 1.39. The average molecular weight is 381 g/mol. The molecule has 0 unspecified atom stereocenters. The number of aryl methyl sites for hydroxylation is 2. The van der Waals surface area contributed by atoms with Crippen LogP contribution in [0.2, 0.25) is 0 Å². The van der Waals surface area contributed by atoms with E-state index < -0.39 is 0 Å². The van der Waals surface area contributed by atoms with Gasteiger partial charge in [0.15, 0.2) is 0 Å². The van der Waals surface area contributed by atoms with Gasteiger partial charge in [-0.2, -0.15) is 0 Å². The van der Waals surface area contributed by atoms with Crippen LogP contribution in [0.4, 0.5) is 6.01 Å². The van der Waals surface area contributed by atoms with Gasteiger partial charge in [-0.1, -0.05) is 18.1 Å². The van der Waals surface area contributed by atoms with Crippen LogP contribution in [-0.2, 0) is 17.6 Å². The SMILES string of the molecule is CCc1nnc(N2CCN(C(=O)Cc3ccc4[nH]c(=O)c(C)cc4c3)CC2)o1. The smallest absolute Gasteiger partial charge is 0.318 e. The quantitative estimate of drug-likeness (QED) is 0.739. The Morgan fingerprint density at radius 1 is 1.18 bits per heavy atom. The van der Waals surface area contributed by atoms with E-state index in [9.17, 15) is 9.59 Å². The highest BCUT2D eigenvalue weighted by Gasteiger charge is 2.24. The van der Waals surface area contributed by atoms with E-state index in [4.69, 9.17) is 4.42 Å². The lowest BCUT2D eigenvalue weighted by Gasteiger charge is -2.33. The number of carbonyl (C=O) groups is 1. The maximum absolute atomic E-state index is 12.7. The lowest BCUT2D eigenvalue weighted by molar-refractivity contribution is -0.130. The van der Waals surface area contributed by atoms with Gasteiger partial charge in [0.1, 0.15) is 0 Å². The maximum atomic E-state index is 12.7. The first-order chi connectivity index (χ1) is 13.5. The van der Waals surface area contributed by atoms with Crippen molar-refractivity contribution in [3.05, 3.63) is 51.6 Å². The Morgan fingerprint density at radius 3 is 2.68 bits per heavy atom. The fraction of sp³-hybridized carbons (Fsp3) is 0.400. The molecule has 8 heteroatoms. The highest BCUT2D eigenvalue weighted by molar-refractivity contribution is 5.83. The van der Waals surface area contributed by atoms with Crippen LogP contribution in [0.1, 0.15) is 23.9 Å². The molecule has 2 aromatic heterocycles. The average Bonchev–Trinajstić information content (AvgIpc) is 3.18. The van der Waals surface area contributed by atoms with Crippen LogP contribution in [0.15, 0.2) is 33.5 Å². The fourth-order valence-electron chi connectivity index (χ4n) is 3.42. The summed E-state index contributed by atoms with van der Waals surface area (Å²) < 4.78 is 5.60. The molecule has 1 amide bonds. The Morgan fingerprint density at radius 2 is 1.96 bits per heavy atom. The predicted octanol–water partition coefficient (Wildman–Crippen LogP) is 1.67. The van der Waals surface area contributed by atoms with Crippen LogP contribution in [0, 0.1) is 6.92 Å². The van der Waals surface area contributed by atoms with Gasteiger partial charge < -0.3 is 19.2 Å². The first-order valence-electron chi connectivity index (χ1n) is 9.51. The van der Waals surface area contributed by atoms with Crippen molar-refractivity contribution in [2.75, 3.05) is 31.1 Å². The first kappa shape index (κ1) is 18.2. The summed E-state index contributed by atoms with van der Waals surface area (Å²) >= 11 is 0. The molecule has 1 aliphatic rings.